The van der Waals surface area contributed by atoms with Crippen LogP contribution in [0.3, 0.4) is 0 Å². The molecule has 0 radical (unpaired) electrons. The summed E-state index contributed by atoms with van der Waals surface area (Å²) in [6, 6.07) is 15.4. The normalized spacial score (nSPS) is 13.0. The van der Waals surface area contributed by atoms with Gasteiger partial charge in [-0.25, -0.2) is 0 Å². The second-order valence-electron chi connectivity index (χ2n) is 6.23. The van der Waals surface area contributed by atoms with Gasteiger partial charge < -0.3 is 9.64 Å². The Morgan fingerprint density at radius 1 is 1.19 bits per heavy atom. The van der Waals surface area contributed by atoms with Crippen LogP contribution in [-0.4, -0.2) is 17.9 Å². The first-order valence-corrected chi connectivity index (χ1v) is 8.71. The molecule has 1 aliphatic heterocycles. The third kappa shape index (κ3) is 3.04. The molecule has 4 nitrogen and oxygen atoms in total. The Morgan fingerprint density at radius 2 is 2.08 bits per heavy atom. The van der Waals surface area contributed by atoms with Crippen LogP contribution in [0.5, 0.6) is 5.75 Å². The lowest BCUT2D eigenvalue weighted by Gasteiger charge is -2.17. The van der Waals surface area contributed by atoms with Gasteiger partial charge in [0.1, 0.15) is 12.4 Å². The molecular weight excluding hydrogens is 348 g/mol. The van der Waals surface area contributed by atoms with Crippen LogP contribution in [0, 0.1) is 0 Å². The van der Waals surface area contributed by atoms with E-state index in [4.69, 9.17) is 16.3 Å². The number of anilines is 1. The summed E-state index contributed by atoms with van der Waals surface area (Å²) in [6.07, 6.45) is 3.87. The Hall–Kier alpha value is -2.85. The van der Waals surface area contributed by atoms with Crippen LogP contribution in [0.4, 0.5) is 5.69 Å². The van der Waals surface area contributed by atoms with Crippen molar-refractivity contribution in [3.05, 3.63) is 77.1 Å². The van der Waals surface area contributed by atoms with Crippen LogP contribution >= 0.6 is 11.6 Å². The van der Waals surface area contributed by atoms with E-state index in [9.17, 15) is 4.79 Å². The van der Waals surface area contributed by atoms with Crippen molar-refractivity contribution >= 4 is 23.2 Å². The fourth-order valence-electron chi connectivity index (χ4n) is 3.20. The summed E-state index contributed by atoms with van der Waals surface area (Å²) >= 11 is 6.07. The summed E-state index contributed by atoms with van der Waals surface area (Å²) < 4.78 is 6.21. The smallest absolute Gasteiger partial charge is 0.231 e. The molecule has 0 fully saturated rings. The highest BCUT2D eigenvalue weighted by atomic mass is 35.5. The number of ether oxygens (including phenoxy) is 1. The number of hydrogen-bond donors (Lipinski definition) is 0. The number of carbonyl (C=O) groups is 1. The lowest BCUT2D eigenvalue weighted by molar-refractivity contribution is -0.117. The van der Waals surface area contributed by atoms with Crippen molar-refractivity contribution < 1.29 is 9.53 Å². The lowest BCUT2D eigenvalue weighted by Crippen LogP contribution is -2.20. The number of rotatable bonds is 4. The molecule has 3 aromatic rings. The van der Waals surface area contributed by atoms with Crippen LogP contribution in [-0.2, 0) is 17.8 Å². The average molecular weight is 365 g/mol. The van der Waals surface area contributed by atoms with E-state index in [0.717, 1.165) is 33.7 Å². The Morgan fingerprint density at radius 3 is 2.85 bits per heavy atom. The zero-order valence-electron chi connectivity index (χ0n) is 14.3. The summed E-state index contributed by atoms with van der Waals surface area (Å²) in [5, 5.41) is 0.673. The molecule has 0 unspecified atom stereocenters. The van der Waals surface area contributed by atoms with Gasteiger partial charge in [0.15, 0.2) is 0 Å². The van der Waals surface area contributed by atoms with Crippen LogP contribution < -0.4 is 9.64 Å². The van der Waals surface area contributed by atoms with Gasteiger partial charge in [0.05, 0.1) is 12.1 Å². The van der Waals surface area contributed by atoms with Gasteiger partial charge in [-0.05, 0) is 35.9 Å². The summed E-state index contributed by atoms with van der Waals surface area (Å²) in [4.78, 5) is 18.1. The van der Waals surface area contributed by atoms with E-state index < -0.39 is 0 Å². The van der Waals surface area contributed by atoms with Crippen molar-refractivity contribution in [2.45, 2.75) is 13.0 Å². The Balaban J connectivity index is 1.76. The van der Waals surface area contributed by atoms with Gasteiger partial charge >= 0.3 is 0 Å². The zero-order valence-corrected chi connectivity index (χ0v) is 15.0. The second-order valence-corrected chi connectivity index (χ2v) is 6.67. The molecule has 2 heterocycles. The topological polar surface area (TPSA) is 42.4 Å². The third-order valence-corrected chi connectivity index (χ3v) is 4.78. The summed E-state index contributed by atoms with van der Waals surface area (Å²) in [6.45, 7) is 0.377. The molecule has 0 aliphatic carbocycles. The van der Waals surface area contributed by atoms with Crippen molar-refractivity contribution in [2.24, 2.45) is 0 Å². The Bertz CT molecular complexity index is 973. The van der Waals surface area contributed by atoms with Crippen LogP contribution in [0.1, 0.15) is 11.1 Å². The van der Waals surface area contributed by atoms with Crippen molar-refractivity contribution in [3.63, 3.8) is 0 Å². The molecule has 0 bridgehead atoms. The van der Waals surface area contributed by atoms with E-state index in [0.29, 0.717) is 18.1 Å². The summed E-state index contributed by atoms with van der Waals surface area (Å²) in [7, 11) is 1.79. The van der Waals surface area contributed by atoms with E-state index in [1.54, 1.807) is 24.3 Å². The first kappa shape index (κ1) is 16.6. The molecule has 0 saturated heterocycles. The molecule has 1 aromatic heterocycles. The van der Waals surface area contributed by atoms with Crippen LogP contribution in [0.15, 0.2) is 60.9 Å². The van der Waals surface area contributed by atoms with Gasteiger partial charge in [0.2, 0.25) is 5.91 Å². The Labute approximate surface area is 157 Å². The van der Waals surface area contributed by atoms with Gasteiger partial charge in [-0.1, -0.05) is 29.8 Å². The van der Waals surface area contributed by atoms with Crippen molar-refractivity contribution in [1.82, 2.24) is 4.98 Å². The van der Waals surface area contributed by atoms with Crippen molar-refractivity contribution in [1.29, 1.82) is 0 Å². The number of benzene rings is 2. The van der Waals surface area contributed by atoms with E-state index >= 15 is 0 Å². The maximum Gasteiger partial charge on any atom is 0.231 e. The van der Waals surface area contributed by atoms with Crippen LogP contribution in [0.25, 0.3) is 11.1 Å². The maximum atomic E-state index is 12.2. The molecule has 130 valence electrons. The first-order valence-electron chi connectivity index (χ1n) is 8.33. The van der Waals surface area contributed by atoms with Crippen LogP contribution in [0.2, 0.25) is 5.02 Å². The maximum absolute atomic E-state index is 12.2. The number of pyridine rings is 1. The fraction of sp³-hybridized carbons (Fsp3) is 0.143. The largest absolute Gasteiger partial charge is 0.488 e. The quantitative estimate of drug-likeness (QED) is 0.684. The number of amides is 1. The van der Waals surface area contributed by atoms with Gasteiger partial charge in [0, 0.05) is 41.2 Å². The first-order chi connectivity index (χ1) is 12.6. The monoisotopic (exact) mass is 364 g/mol. The average Bonchev–Trinajstić information content (AvgIpc) is 2.95. The molecular formula is C21H17ClN2O2. The highest BCUT2D eigenvalue weighted by Crippen LogP contribution is 2.42. The molecule has 26 heavy (non-hydrogen) atoms. The van der Waals surface area contributed by atoms with Gasteiger partial charge in [-0.3, -0.25) is 9.78 Å². The summed E-state index contributed by atoms with van der Waals surface area (Å²) in [5.41, 5.74) is 4.68. The van der Waals surface area contributed by atoms with E-state index in [1.807, 2.05) is 48.5 Å². The van der Waals surface area contributed by atoms with Gasteiger partial charge in [-0.2, -0.15) is 0 Å². The number of likely N-dealkylation sites (N-methyl/N-ethyl adjacent to an activating group) is 1. The molecule has 0 N–H and O–H groups in total. The predicted molar refractivity (Wildman–Crippen MR) is 103 cm³/mol. The highest BCUT2D eigenvalue weighted by molar-refractivity contribution is 6.30. The minimum Gasteiger partial charge on any atom is -0.488 e. The SMILES string of the molecule is CN1C(=O)Cc2c1ccc(-c1cccnc1)c2OCc1cccc(Cl)c1. The molecule has 5 heteroatoms. The van der Waals surface area contributed by atoms with Gasteiger partial charge in [0.25, 0.3) is 0 Å². The molecule has 1 amide bonds. The number of aromatic nitrogens is 1. The van der Waals surface area contributed by atoms with E-state index in [1.165, 1.54) is 0 Å². The molecule has 4 rings (SSSR count). The lowest BCUT2D eigenvalue weighted by atomic mass is 10.0. The number of carbonyl (C=O) groups excluding carboxylic acids is 1. The molecule has 0 saturated carbocycles. The number of fused-ring (bicyclic) bond motifs is 1. The number of hydrogen-bond acceptors (Lipinski definition) is 3. The molecule has 2 aromatic carbocycles. The number of nitrogens with zero attached hydrogens (tertiary/aromatic N) is 2. The van der Waals surface area contributed by atoms with E-state index in [-0.39, 0.29) is 5.91 Å². The molecule has 0 atom stereocenters. The minimum atomic E-state index is 0.0657. The van der Waals surface area contributed by atoms with Crippen molar-refractivity contribution in [2.75, 3.05) is 11.9 Å². The molecule has 1 aliphatic rings. The standard InChI is InChI=1S/C21H17ClN2O2/c1-24-19-8-7-17(15-5-3-9-23-12-15)21(18(19)11-20(24)25)26-13-14-4-2-6-16(22)10-14/h2-10,12H,11,13H2,1H3. The Kier molecular flexibility index (Phi) is 4.35. The number of halogens is 1. The van der Waals surface area contributed by atoms with Gasteiger partial charge in [-0.15, -0.1) is 0 Å². The van der Waals surface area contributed by atoms with Crippen molar-refractivity contribution in [3.8, 4) is 16.9 Å². The zero-order chi connectivity index (χ0) is 18.1. The third-order valence-electron chi connectivity index (χ3n) is 4.54. The highest BCUT2D eigenvalue weighted by Gasteiger charge is 2.29. The minimum absolute atomic E-state index is 0.0657. The fourth-order valence-corrected chi connectivity index (χ4v) is 3.42. The predicted octanol–water partition coefficient (Wildman–Crippen LogP) is 4.50. The molecule has 0 spiro atoms. The summed E-state index contributed by atoms with van der Waals surface area (Å²) in [5.74, 6) is 0.795. The second kappa shape index (κ2) is 6.81. The van der Waals surface area contributed by atoms with E-state index in [2.05, 4.69) is 4.98 Å².